The van der Waals surface area contributed by atoms with E-state index in [0.717, 1.165) is 0 Å². The molecule has 1 unspecified atom stereocenters. The zero-order valence-corrected chi connectivity index (χ0v) is 8.15. The Morgan fingerprint density at radius 2 is 2.08 bits per heavy atom. The summed E-state index contributed by atoms with van der Waals surface area (Å²) in [5, 5.41) is 5.23. The lowest BCUT2D eigenvalue weighted by Crippen LogP contribution is -2.44. The van der Waals surface area contributed by atoms with Crippen molar-refractivity contribution in [3.05, 3.63) is 0 Å². The molecule has 0 fully saturated rings. The maximum atomic E-state index is 11.0. The van der Waals surface area contributed by atoms with E-state index in [1.54, 1.807) is 7.05 Å². The number of carbonyl (C=O) groups is 2. The van der Waals surface area contributed by atoms with Crippen molar-refractivity contribution in [2.45, 2.75) is 13.0 Å². The minimum Gasteiger partial charge on any atom is -0.344 e. The molecule has 0 saturated carbocycles. The average molecular weight is 190 g/mol. The number of likely N-dealkylation sites (N-methyl/N-ethyl adjacent to an activating group) is 1. The first-order chi connectivity index (χ1) is 5.61. The number of carbonyl (C=O) groups excluding carboxylic acids is 2. The molecule has 70 valence electrons. The number of ketones is 1. The molecule has 0 radical (unpaired) electrons. The van der Waals surface area contributed by atoms with E-state index in [2.05, 4.69) is 23.3 Å². The Hall–Kier alpha value is -0.550. The van der Waals surface area contributed by atoms with Crippen LogP contribution in [0.25, 0.3) is 0 Å². The highest BCUT2D eigenvalue weighted by Crippen LogP contribution is 1.89. The first kappa shape index (κ1) is 11.4. The van der Waals surface area contributed by atoms with Crippen molar-refractivity contribution in [1.82, 2.24) is 10.6 Å². The molecule has 5 heteroatoms. The fourth-order valence-corrected chi connectivity index (χ4v) is 1.03. The van der Waals surface area contributed by atoms with Gasteiger partial charge in [0.2, 0.25) is 5.91 Å². The molecule has 4 nitrogen and oxygen atoms in total. The minimum absolute atomic E-state index is 0.0746. The third-order valence-electron chi connectivity index (χ3n) is 1.35. The summed E-state index contributed by atoms with van der Waals surface area (Å²) in [5.74, 6) is 0.0753. The van der Waals surface area contributed by atoms with E-state index in [1.807, 2.05) is 0 Å². The fraction of sp³-hybridized carbons (Fsp3) is 0.714. The Balaban J connectivity index is 3.85. The summed E-state index contributed by atoms with van der Waals surface area (Å²) in [7, 11) is 1.67. The van der Waals surface area contributed by atoms with Crippen molar-refractivity contribution >= 4 is 24.3 Å². The third kappa shape index (κ3) is 4.35. The van der Waals surface area contributed by atoms with Crippen molar-refractivity contribution in [2.24, 2.45) is 0 Å². The van der Waals surface area contributed by atoms with Crippen molar-refractivity contribution in [3.63, 3.8) is 0 Å². The predicted molar refractivity (Wildman–Crippen MR) is 50.4 cm³/mol. The maximum absolute atomic E-state index is 11.0. The van der Waals surface area contributed by atoms with Gasteiger partial charge >= 0.3 is 0 Å². The first-order valence-corrected chi connectivity index (χ1v) is 4.30. The highest BCUT2D eigenvalue weighted by Gasteiger charge is 2.13. The number of rotatable bonds is 5. The van der Waals surface area contributed by atoms with E-state index >= 15 is 0 Å². The monoisotopic (exact) mass is 190 g/mol. The smallest absolute Gasteiger partial charge is 0.234 e. The summed E-state index contributed by atoms with van der Waals surface area (Å²) in [6.45, 7) is 1.65. The number of hydrogen-bond acceptors (Lipinski definition) is 4. The van der Waals surface area contributed by atoms with Crippen molar-refractivity contribution in [1.29, 1.82) is 0 Å². The van der Waals surface area contributed by atoms with Crippen LogP contribution in [0, 0.1) is 0 Å². The van der Waals surface area contributed by atoms with Gasteiger partial charge in [-0.3, -0.25) is 9.59 Å². The van der Waals surface area contributed by atoms with Crippen LogP contribution in [0.4, 0.5) is 0 Å². The van der Waals surface area contributed by atoms with Crippen LogP contribution in [0.2, 0.25) is 0 Å². The molecular weight excluding hydrogens is 176 g/mol. The fourth-order valence-electron chi connectivity index (χ4n) is 0.682. The third-order valence-corrected chi connectivity index (χ3v) is 1.71. The van der Waals surface area contributed by atoms with Crippen molar-refractivity contribution in [2.75, 3.05) is 19.3 Å². The summed E-state index contributed by atoms with van der Waals surface area (Å²) >= 11 is 3.94. The Kier molecular flexibility index (Phi) is 5.74. The van der Waals surface area contributed by atoms with Gasteiger partial charge in [-0.2, -0.15) is 12.6 Å². The normalized spacial score (nSPS) is 12.2. The molecule has 2 N–H and O–H groups in total. The Labute approximate surface area is 77.5 Å². The van der Waals surface area contributed by atoms with Crippen molar-refractivity contribution in [3.8, 4) is 0 Å². The number of thiol groups is 1. The zero-order valence-electron chi connectivity index (χ0n) is 7.26. The molecule has 12 heavy (non-hydrogen) atoms. The van der Waals surface area contributed by atoms with Gasteiger partial charge in [-0.25, -0.2) is 0 Å². The van der Waals surface area contributed by atoms with Gasteiger partial charge in [0.15, 0.2) is 5.78 Å². The van der Waals surface area contributed by atoms with Gasteiger partial charge in [-0.05, 0) is 14.0 Å². The predicted octanol–water partition coefficient (Wildman–Crippen LogP) is -0.791. The molecule has 0 rings (SSSR count). The molecule has 0 aliphatic carbocycles. The molecule has 1 amide bonds. The molecular formula is C7H14N2O2S. The number of Topliss-reactive ketones (excluding diaryl/α,β-unsaturated/α-hetero) is 1. The lowest BCUT2D eigenvalue weighted by molar-refractivity contribution is -0.125. The van der Waals surface area contributed by atoms with Crippen LogP contribution in [-0.4, -0.2) is 37.1 Å². The van der Waals surface area contributed by atoms with Crippen LogP contribution in [0.1, 0.15) is 6.92 Å². The second-order valence-electron chi connectivity index (χ2n) is 2.44. The Bertz CT molecular complexity index is 173. The molecule has 0 bridgehead atoms. The van der Waals surface area contributed by atoms with Gasteiger partial charge < -0.3 is 10.6 Å². The molecule has 0 aromatic rings. The van der Waals surface area contributed by atoms with E-state index in [0.29, 0.717) is 5.75 Å². The maximum Gasteiger partial charge on any atom is 0.234 e. The SMILES string of the molecule is CNCC(=O)NC(CS)C(C)=O. The number of hydrogen-bond donors (Lipinski definition) is 3. The lowest BCUT2D eigenvalue weighted by atomic mass is 10.2. The first-order valence-electron chi connectivity index (χ1n) is 3.67. The topological polar surface area (TPSA) is 58.2 Å². The standard InChI is InChI=1S/C7H14N2O2S/c1-5(10)6(4-12)9-7(11)3-8-2/h6,8,12H,3-4H2,1-2H3,(H,9,11). The molecule has 0 spiro atoms. The summed E-state index contributed by atoms with van der Waals surface area (Å²) in [5.41, 5.74) is 0. The molecule has 1 atom stereocenters. The zero-order chi connectivity index (χ0) is 9.56. The van der Waals surface area contributed by atoms with Crippen LogP contribution >= 0.6 is 12.6 Å². The van der Waals surface area contributed by atoms with E-state index in [4.69, 9.17) is 0 Å². The quantitative estimate of drug-likeness (QED) is 0.498. The Morgan fingerprint density at radius 1 is 1.50 bits per heavy atom. The van der Waals surface area contributed by atoms with E-state index in [-0.39, 0.29) is 18.2 Å². The van der Waals surface area contributed by atoms with Crippen LogP contribution in [0.5, 0.6) is 0 Å². The van der Waals surface area contributed by atoms with Crippen LogP contribution in [-0.2, 0) is 9.59 Å². The van der Waals surface area contributed by atoms with Gasteiger partial charge in [0.05, 0.1) is 12.6 Å². The average Bonchev–Trinajstić information content (AvgIpc) is 2.00. The van der Waals surface area contributed by atoms with Gasteiger partial charge in [0.1, 0.15) is 0 Å². The molecule has 0 aromatic carbocycles. The lowest BCUT2D eigenvalue weighted by Gasteiger charge is -2.12. The number of amides is 1. The van der Waals surface area contributed by atoms with E-state index in [1.165, 1.54) is 6.92 Å². The second kappa shape index (κ2) is 6.02. The highest BCUT2D eigenvalue weighted by molar-refractivity contribution is 7.80. The molecule has 0 saturated heterocycles. The van der Waals surface area contributed by atoms with Gasteiger partial charge in [-0.1, -0.05) is 0 Å². The molecule has 0 heterocycles. The van der Waals surface area contributed by atoms with Gasteiger partial charge in [0.25, 0.3) is 0 Å². The molecule has 0 aromatic heterocycles. The van der Waals surface area contributed by atoms with E-state index < -0.39 is 6.04 Å². The molecule has 0 aliphatic rings. The van der Waals surface area contributed by atoms with E-state index in [9.17, 15) is 9.59 Å². The van der Waals surface area contributed by atoms with Crippen LogP contribution < -0.4 is 10.6 Å². The summed E-state index contributed by atoms with van der Waals surface area (Å²) < 4.78 is 0. The van der Waals surface area contributed by atoms with Crippen LogP contribution in [0.3, 0.4) is 0 Å². The van der Waals surface area contributed by atoms with Crippen LogP contribution in [0.15, 0.2) is 0 Å². The number of nitrogens with one attached hydrogen (secondary N) is 2. The van der Waals surface area contributed by atoms with Gasteiger partial charge in [-0.15, -0.1) is 0 Å². The minimum atomic E-state index is -0.464. The van der Waals surface area contributed by atoms with Gasteiger partial charge in [0, 0.05) is 5.75 Å². The van der Waals surface area contributed by atoms with Crippen molar-refractivity contribution < 1.29 is 9.59 Å². The second-order valence-corrected chi connectivity index (χ2v) is 2.81. The highest BCUT2D eigenvalue weighted by atomic mass is 32.1. The summed E-state index contributed by atoms with van der Waals surface area (Å²) in [6, 6.07) is -0.464. The largest absolute Gasteiger partial charge is 0.344 e. The molecule has 0 aliphatic heterocycles. The Morgan fingerprint density at radius 3 is 2.42 bits per heavy atom. The summed E-state index contributed by atoms with van der Waals surface area (Å²) in [6.07, 6.45) is 0. The summed E-state index contributed by atoms with van der Waals surface area (Å²) in [4.78, 5) is 21.8.